The van der Waals surface area contributed by atoms with Gasteiger partial charge in [0.05, 0.1) is 23.4 Å². The summed E-state index contributed by atoms with van der Waals surface area (Å²) >= 11 is 0. The Morgan fingerprint density at radius 3 is 2.60 bits per heavy atom. The minimum absolute atomic E-state index is 0.0000426. The molecule has 1 aromatic heterocycles. The van der Waals surface area contributed by atoms with Gasteiger partial charge in [-0.25, -0.2) is 0 Å². The molecule has 2 aromatic rings. The molecule has 0 unspecified atom stereocenters. The van der Waals surface area contributed by atoms with Crippen LogP contribution in [0.5, 0.6) is 0 Å². The Balaban J connectivity index is 1.07. The van der Waals surface area contributed by atoms with Gasteiger partial charge >= 0.3 is 0 Å². The summed E-state index contributed by atoms with van der Waals surface area (Å²) in [5.41, 5.74) is 1.76. The molecule has 2 bridgehead atoms. The number of rotatable bonds is 7. The van der Waals surface area contributed by atoms with Crippen LogP contribution in [0.25, 0.3) is 0 Å². The quantitative estimate of drug-likeness (QED) is 0.494. The van der Waals surface area contributed by atoms with Crippen LogP contribution >= 0.6 is 0 Å². The van der Waals surface area contributed by atoms with E-state index in [-0.39, 0.29) is 30.2 Å². The van der Waals surface area contributed by atoms with E-state index >= 15 is 0 Å². The van der Waals surface area contributed by atoms with Crippen molar-refractivity contribution in [2.45, 2.75) is 32.2 Å². The van der Waals surface area contributed by atoms with Gasteiger partial charge in [-0.05, 0) is 61.6 Å². The lowest BCUT2D eigenvalue weighted by Gasteiger charge is -2.34. The van der Waals surface area contributed by atoms with Gasteiger partial charge in [0.2, 0.25) is 5.91 Å². The van der Waals surface area contributed by atoms with E-state index in [1.807, 2.05) is 24.4 Å². The number of nitrogens with zero attached hydrogens (tertiary/aromatic N) is 4. The van der Waals surface area contributed by atoms with Gasteiger partial charge in [0.1, 0.15) is 0 Å². The van der Waals surface area contributed by atoms with Crippen molar-refractivity contribution in [2.75, 3.05) is 31.1 Å². The maximum atomic E-state index is 13.2. The predicted molar refractivity (Wildman–Crippen MR) is 131 cm³/mol. The number of piperidine rings is 1. The van der Waals surface area contributed by atoms with Crippen LogP contribution < -0.4 is 10.2 Å². The molecule has 8 nitrogen and oxygen atoms in total. The van der Waals surface area contributed by atoms with Gasteiger partial charge < -0.3 is 10.2 Å². The highest BCUT2D eigenvalue weighted by molar-refractivity contribution is 6.23. The number of anilines is 1. The molecule has 2 fully saturated rings. The van der Waals surface area contributed by atoms with Gasteiger partial charge in [-0.1, -0.05) is 18.2 Å². The zero-order valence-electron chi connectivity index (χ0n) is 19.8. The Hall–Kier alpha value is -3.42. The molecule has 1 saturated carbocycles. The minimum atomic E-state index is -0.247. The number of allylic oxidation sites excluding steroid dienone is 2. The molecule has 8 heteroatoms. The summed E-state index contributed by atoms with van der Waals surface area (Å²) in [5.74, 6) is 1.61. The molecule has 182 valence electrons. The van der Waals surface area contributed by atoms with E-state index in [4.69, 9.17) is 0 Å². The number of imide groups is 1. The number of carbonyl (C=O) groups excluding carboxylic acids is 3. The normalized spacial score (nSPS) is 25.5. The first-order chi connectivity index (χ1) is 17.1. The van der Waals surface area contributed by atoms with E-state index in [0.29, 0.717) is 48.5 Å². The molecule has 3 amide bonds. The number of amides is 3. The van der Waals surface area contributed by atoms with Gasteiger partial charge in [0.15, 0.2) is 0 Å². The molecule has 1 saturated heterocycles. The number of benzene rings is 1. The van der Waals surface area contributed by atoms with Crippen LogP contribution in [0.3, 0.4) is 0 Å². The van der Waals surface area contributed by atoms with Crippen LogP contribution in [0.2, 0.25) is 0 Å². The maximum absolute atomic E-state index is 13.2. The molecule has 2 aliphatic heterocycles. The summed E-state index contributed by atoms with van der Waals surface area (Å²) < 4.78 is 1.72. The second-order valence-corrected chi connectivity index (χ2v) is 10.3. The molecule has 0 spiro atoms. The minimum Gasteiger partial charge on any atom is -0.371 e. The van der Waals surface area contributed by atoms with E-state index in [2.05, 4.69) is 27.5 Å². The number of hydrogen-bond donors (Lipinski definition) is 1. The Morgan fingerprint density at radius 1 is 1.03 bits per heavy atom. The summed E-state index contributed by atoms with van der Waals surface area (Å²) in [7, 11) is 0. The fraction of sp³-hybridized carbons (Fsp3) is 0.481. The zero-order valence-corrected chi connectivity index (χ0v) is 19.8. The van der Waals surface area contributed by atoms with Crippen LogP contribution in [0.4, 0.5) is 5.69 Å². The fourth-order valence-corrected chi connectivity index (χ4v) is 6.31. The molecular weight excluding hydrogens is 442 g/mol. The smallest absolute Gasteiger partial charge is 0.263 e. The Morgan fingerprint density at radius 2 is 1.89 bits per heavy atom. The third-order valence-electron chi connectivity index (χ3n) is 8.25. The predicted octanol–water partition coefficient (Wildman–Crippen LogP) is 2.72. The molecule has 0 radical (unpaired) electrons. The highest BCUT2D eigenvalue weighted by Gasteiger charge is 2.39. The van der Waals surface area contributed by atoms with E-state index in [1.54, 1.807) is 16.9 Å². The molecule has 3 atom stereocenters. The second kappa shape index (κ2) is 8.98. The monoisotopic (exact) mass is 473 g/mol. The molecule has 2 aliphatic carbocycles. The van der Waals surface area contributed by atoms with Gasteiger partial charge in [-0.2, -0.15) is 5.10 Å². The first kappa shape index (κ1) is 22.1. The SMILES string of the molecule is O=C(NC[C@@H]1C[C@H]2C=C[C@@H]1C2)C1CCN(c2cccc3c2C(=O)N(CCn2cccn2)C3=O)CC1. The third kappa shape index (κ3) is 4.05. The van der Waals surface area contributed by atoms with E-state index in [0.717, 1.165) is 25.1 Å². The highest BCUT2D eigenvalue weighted by Crippen LogP contribution is 2.43. The van der Waals surface area contributed by atoms with Crippen molar-refractivity contribution in [3.05, 3.63) is 59.9 Å². The average Bonchev–Trinajstić information content (AvgIpc) is 3.68. The first-order valence-electron chi connectivity index (χ1n) is 12.8. The van der Waals surface area contributed by atoms with Crippen LogP contribution in [0.15, 0.2) is 48.8 Å². The van der Waals surface area contributed by atoms with Crippen LogP contribution in [0, 0.1) is 23.7 Å². The standard InChI is InChI=1S/C27H31N5O3/c33-25(28-17-21-16-18-5-6-20(21)15-18)19-7-11-30(12-8-19)23-4-1-3-22-24(23)27(35)32(26(22)34)14-13-31-10-2-9-29-31/h1-6,9-10,18-21H,7-8,11-17H2,(H,28,33)/t18-,20+,21-/m0/s1. The molecule has 1 N–H and O–H groups in total. The molecule has 3 heterocycles. The zero-order chi connectivity index (χ0) is 23.9. The highest BCUT2D eigenvalue weighted by atomic mass is 16.2. The van der Waals surface area contributed by atoms with Crippen molar-refractivity contribution in [3.8, 4) is 0 Å². The number of carbonyl (C=O) groups is 3. The topological polar surface area (TPSA) is 87.5 Å². The molecular formula is C27H31N5O3. The summed E-state index contributed by atoms with van der Waals surface area (Å²) in [5, 5.41) is 7.37. The van der Waals surface area contributed by atoms with Crippen LogP contribution in [0.1, 0.15) is 46.4 Å². The van der Waals surface area contributed by atoms with Gasteiger partial charge in [0, 0.05) is 44.5 Å². The van der Waals surface area contributed by atoms with Crippen molar-refractivity contribution >= 4 is 23.4 Å². The van der Waals surface area contributed by atoms with Crippen molar-refractivity contribution in [2.24, 2.45) is 23.7 Å². The number of nitrogens with one attached hydrogen (secondary N) is 1. The van der Waals surface area contributed by atoms with E-state index in [9.17, 15) is 14.4 Å². The Labute approximate surface area is 205 Å². The Bertz CT molecular complexity index is 1170. The molecule has 4 aliphatic rings. The van der Waals surface area contributed by atoms with Crippen molar-refractivity contribution < 1.29 is 14.4 Å². The number of fused-ring (bicyclic) bond motifs is 3. The number of aromatic nitrogens is 2. The van der Waals surface area contributed by atoms with Gasteiger partial charge in [-0.15, -0.1) is 0 Å². The van der Waals surface area contributed by atoms with Gasteiger partial charge in [-0.3, -0.25) is 24.0 Å². The summed E-state index contributed by atoms with van der Waals surface area (Å²) in [6.45, 7) is 2.92. The third-order valence-corrected chi connectivity index (χ3v) is 8.25. The average molecular weight is 474 g/mol. The van der Waals surface area contributed by atoms with Crippen LogP contribution in [-0.4, -0.2) is 58.6 Å². The maximum Gasteiger partial charge on any atom is 0.263 e. The summed E-state index contributed by atoms with van der Waals surface area (Å²) in [4.78, 5) is 42.5. The van der Waals surface area contributed by atoms with E-state index < -0.39 is 0 Å². The Kier molecular flexibility index (Phi) is 5.66. The summed E-state index contributed by atoms with van der Waals surface area (Å²) in [6, 6.07) is 7.32. The molecule has 1 aromatic carbocycles. The fourth-order valence-electron chi connectivity index (χ4n) is 6.31. The molecule has 35 heavy (non-hydrogen) atoms. The first-order valence-corrected chi connectivity index (χ1v) is 12.8. The van der Waals surface area contributed by atoms with Crippen molar-refractivity contribution in [3.63, 3.8) is 0 Å². The van der Waals surface area contributed by atoms with Crippen molar-refractivity contribution in [1.29, 1.82) is 0 Å². The number of hydrogen-bond acceptors (Lipinski definition) is 5. The largest absolute Gasteiger partial charge is 0.371 e. The summed E-state index contributed by atoms with van der Waals surface area (Å²) in [6.07, 6.45) is 12.1. The lowest BCUT2D eigenvalue weighted by molar-refractivity contribution is -0.125. The lowest BCUT2D eigenvalue weighted by Crippen LogP contribution is -2.42. The van der Waals surface area contributed by atoms with Gasteiger partial charge in [0.25, 0.3) is 11.8 Å². The van der Waals surface area contributed by atoms with E-state index in [1.165, 1.54) is 17.7 Å². The second-order valence-electron chi connectivity index (χ2n) is 10.3. The lowest BCUT2D eigenvalue weighted by atomic mass is 9.92. The molecule has 6 rings (SSSR count). The van der Waals surface area contributed by atoms with Crippen LogP contribution in [-0.2, 0) is 11.3 Å². The van der Waals surface area contributed by atoms with Crippen molar-refractivity contribution in [1.82, 2.24) is 20.0 Å².